The Morgan fingerprint density at radius 3 is 1.81 bits per heavy atom. The van der Waals surface area contributed by atoms with E-state index in [0.29, 0.717) is 6.61 Å². The van der Waals surface area contributed by atoms with Gasteiger partial charge in [0.05, 0.1) is 19.4 Å². The molecule has 0 amide bonds. The summed E-state index contributed by atoms with van der Waals surface area (Å²) in [4.78, 5) is 21.4. The maximum absolute atomic E-state index is 11.1. The zero-order valence-corrected chi connectivity index (χ0v) is 15.8. The molecule has 0 aliphatic rings. The third kappa shape index (κ3) is 20.2. The summed E-state index contributed by atoms with van der Waals surface area (Å²) < 4.78 is 4.96. The van der Waals surface area contributed by atoms with Crippen LogP contribution in [0.5, 0.6) is 0 Å². The summed E-state index contributed by atoms with van der Waals surface area (Å²) in [6.07, 6.45) is 12.3. The van der Waals surface area contributed by atoms with Crippen LogP contribution >= 0.6 is 0 Å². The first kappa shape index (κ1) is 23.5. The summed E-state index contributed by atoms with van der Waals surface area (Å²) in [5, 5.41) is 8.41. The Labute approximate surface area is 162 Å². The van der Waals surface area contributed by atoms with E-state index < -0.39 is 11.9 Å². The van der Waals surface area contributed by atoms with Gasteiger partial charge in [-0.25, -0.2) is 0 Å². The number of rotatable bonds is 14. The average Bonchev–Trinajstić information content (AvgIpc) is 2.42. The normalized spacial score (nSPS) is 9.95. The van der Waals surface area contributed by atoms with Gasteiger partial charge in [0, 0.05) is 0 Å². The molecule has 0 saturated carbocycles. The van der Waals surface area contributed by atoms with Crippen LogP contribution in [0.3, 0.4) is 0 Å². The Kier molecular flexibility index (Phi) is 20.4. The average molecular weight is 329 g/mol. The minimum absolute atomic E-state index is 0. The largest absolute Gasteiger partial charge is 2.00 e. The molecule has 0 unspecified atom stereocenters. The Morgan fingerprint density at radius 2 is 1.33 bits per heavy atom. The summed E-state index contributed by atoms with van der Waals surface area (Å²) in [7, 11) is 0. The van der Waals surface area contributed by atoms with Crippen molar-refractivity contribution in [1.82, 2.24) is 0 Å². The predicted molar refractivity (Wildman–Crippen MR) is 87.7 cm³/mol. The topological polar surface area (TPSA) is 63.6 Å². The van der Waals surface area contributed by atoms with Crippen LogP contribution in [0.4, 0.5) is 0 Å². The van der Waals surface area contributed by atoms with Crippen molar-refractivity contribution in [2.75, 3.05) is 6.61 Å². The first-order valence-corrected chi connectivity index (χ1v) is 8.04. The van der Waals surface area contributed by atoms with Gasteiger partial charge in [-0.15, -0.1) is 0 Å². The molecule has 0 heterocycles. The van der Waals surface area contributed by atoms with Gasteiger partial charge in [0.15, 0.2) is 0 Å². The van der Waals surface area contributed by atoms with Gasteiger partial charge in [-0.3, -0.25) is 9.59 Å². The minimum Gasteiger partial charge on any atom is -1.00 e. The summed E-state index contributed by atoms with van der Waals surface area (Å²) in [5.41, 5.74) is 0. The van der Waals surface area contributed by atoms with Crippen molar-refractivity contribution in [3.63, 3.8) is 0 Å². The number of ether oxygens (including phenoxy) is 1. The Morgan fingerprint density at radius 1 is 0.857 bits per heavy atom. The van der Waals surface area contributed by atoms with Crippen LogP contribution in [0.1, 0.15) is 86.8 Å². The monoisotopic (exact) mass is 328 g/mol. The van der Waals surface area contributed by atoms with E-state index in [1.54, 1.807) is 0 Å². The number of carboxylic acids is 1. The zero-order chi connectivity index (χ0) is 15.1. The van der Waals surface area contributed by atoms with E-state index in [9.17, 15) is 9.59 Å². The molecular formula is C16H32CaO4. The number of unbranched alkanes of at least 4 members (excludes halogenated alkanes) is 9. The van der Waals surface area contributed by atoms with E-state index in [0.717, 1.165) is 12.8 Å². The Hall–Kier alpha value is 0.200. The molecule has 122 valence electrons. The van der Waals surface area contributed by atoms with Crippen LogP contribution in [0, 0.1) is 0 Å². The van der Waals surface area contributed by atoms with E-state index in [4.69, 9.17) is 9.84 Å². The summed E-state index contributed by atoms with van der Waals surface area (Å²) >= 11 is 0. The second-order valence-electron chi connectivity index (χ2n) is 5.30. The van der Waals surface area contributed by atoms with E-state index in [2.05, 4.69) is 6.92 Å². The molecule has 0 bridgehead atoms. The quantitative estimate of drug-likeness (QED) is 0.295. The van der Waals surface area contributed by atoms with Gasteiger partial charge in [-0.05, 0) is 6.42 Å². The minimum atomic E-state index is -0.958. The molecule has 0 aromatic heterocycles. The first-order chi connectivity index (χ1) is 9.66. The third-order valence-corrected chi connectivity index (χ3v) is 3.30. The predicted octanol–water partition coefficient (Wildman–Crippen LogP) is 4.16. The van der Waals surface area contributed by atoms with Crippen molar-refractivity contribution in [2.24, 2.45) is 0 Å². The summed E-state index contributed by atoms with van der Waals surface area (Å²) in [6, 6.07) is 0. The van der Waals surface area contributed by atoms with Gasteiger partial charge in [0.1, 0.15) is 0 Å². The fraction of sp³-hybridized carbons (Fsp3) is 0.875. The van der Waals surface area contributed by atoms with Crippen LogP contribution in [-0.2, 0) is 14.3 Å². The molecule has 0 radical (unpaired) electrons. The van der Waals surface area contributed by atoms with Gasteiger partial charge < -0.3 is 12.7 Å². The van der Waals surface area contributed by atoms with Crippen molar-refractivity contribution in [1.29, 1.82) is 0 Å². The SMILES string of the molecule is CCCCCCCCCCCCOC(=O)CCC(=O)O.[Ca+2].[H-].[H-]. The van der Waals surface area contributed by atoms with Crippen molar-refractivity contribution >= 4 is 49.7 Å². The molecule has 0 aliphatic heterocycles. The smallest absolute Gasteiger partial charge is 1.00 e. The molecule has 0 saturated heterocycles. The van der Waals surface area contributed by atoms with Crippen LogP contribution in [-0.4, -0.2) is 61.4 Å². The van der Waals surface area contributed by atoms with Gasteiger partial charge in [-0.1, -0.05) is 64.7 Å². The number of esters is 1. The molecule has 1 N–H and O–H groups in total. The van der Waals surface area contributed by atoms with Crippen molar-refractivity contribution in [3.05, 3.63) is 0 Å². The van der Waals surface area contributed by atoms with Gasteiger partial charge in [0.25, 0.3) is 0 Å². The standard InChI is InChI=1S/C16H30O4.Ca.2H/c1-2-3-4-5-6-7-8-9-10-11-14-20-16(19)13-12-15(17)18;;;/h2-14H2,1H3,(H,17,18);;;/q;+2;2*-1. The van der Waals surface area contributed by atoms with Gasteiger partial charge in [0.2, 0.25) is 0 Å². The maximum atomic E-state index is 11.1. The van der Waals surface area contributed by atoms with E-state index in [1.807, 2.05) is 0 Å². The fourth-order valence-corrected chi connectivity index (χ4v) is 2.06. The molecule has 0 atom stereocenters. The summed E-state index contributed by atoms with van der Waals surface area (Å²) in [6.45, 7) is 2.66. The van der Waals surface area contributed by atoms with E-state index in [1.165, 1.54) is 51.4 Å². The molecule has 5 heteroatoms. The summed E-state index contributed by atoms with van der Waals surface area (Å²) in [5.74, 6) is -1.36. The van der Waals surface area contributed by atoms with E-state index in [-0.39, 0.29) is 53.4 Å². The molecule has 0 aromatic rings. The second kappa shape index (κ2) is 18.2. The Bertz CT molecular complexity index is 266. The molecule has 0 fully saturated rings. The van der Waals surface area contributed by atoms with Crippen LogP contribution in [0.2, 0.25) is 0 Å². The number of carbonyl (C=O) groups excluding carboxylic acids is 1. The first-order valence-electron chi connectivity index (χ1n) is 8.04. The molecule has 0 spiro atoms. The van der Waals surface area contributed by atoms with Crippen LogP contribution in [0.25, 0.3) is 0 Å². The van der Waals surface area contributed by atoms with Crippen LogP contribution in [0.15, 0.2) is 0 Å². The number of hydrogen-bond donors (Lipinski definition) is 1. The molecule has 0 aromatic carbocycles. The molecule has 21 heavy (non-hydrogen) atoms. The number of carbonyl (C=O) groups is 2. The number of hydrogen-bond acceptors (Lipinski definition) is 3. The fourth-order valence-electron chi connectivity index (χ4n) is 2.06. The molecule has 0 aliphatic carbocycles. The zero-order valence-electron chi connectivity index (χ0n) is 15.6. The van der Waals surface area contributed by atoms with Crippen molar-refractivity contribution < 1.29 is 22.3 Å². The second-order valence-corrected chi connectivity index (χ2v) is 5.30. The third-order valence-electron chi connectivity index (χ3n) is 3.30. The Balaban J connectivity index is -0.000000602. The van der Waals surface area contributed by atoms with Crippen molar-refractivity contribution in [2.45, 2.75) is 84.0 Å². The van der Waals surface area contributed by atoms with Gasteiger partial charge in [-0.2, -0.15) is 0 Å². The molecule has 4 nitrogen and oxygen atoms in total. The van der Waals surface area contributed by atoms with Crippen LogP contribution < -0.4 is 0 Å². The number of carboxylic acid groups (broad SMARTS) is 1. The van der Waals surface area contributed by atoms with Gasteiger partial charge >= 0.3 is 49.7 Å². The molecule has 0 rings (SSSR count). The number of aliphatic carboxylic acids is 1. The molecular weight excluding hydrogens is 296 g/mol. The van der Waals surface area contributed by atoms with E-state index >= 15 is 0 Å². The van der Waals surface area contributed by atoms with Crippen molar-refractivity contribution in [3.8, 4) is 0 Å². The maximum Gasteiger partial charge on any atom is 2.00 e.